The van der Waals surface area contributed by atoms with Crippen LogP contribution in [0.2, 0.25) is 4.34 Å². The van der Waals surface area contributed by atoms with E-state index >= 15 is 0 Å². The highest BCUT2D eigenvalue weighted by Crippen LogP contribution is 2.22. The van der Waals surface area contributed by atoms with Crippen molar-refractivity contribution in [2.75, 3.05) is 17.2 Å². The summed E-state index contributed by atoms with van der Waals surface area (Å²) >= 11 is 7.48. The molecule has 18 heavy (non-hydrogen) atoms. The van der Waals surface area contributed by atoms with Gasteiger partial charge in [0.2, 0.25) is 0 Å². The van der Waals surface area contributed by atoms with Crippen molar-refractivity contribution in [3.8, 4) is 0 Å². The Hall–Kier alpha value is -1.26. The molecule has 0 spiro atoms. The first kappa shape index (κ1) is 13.2. The first-order chi connectivity index (χ1) is 8.78. The van der Waals surface area contributed by atoms with Crippen LogP contribution in [0.3, 0.4) is 0 Å². The van der Waals surface area contributed by atoms with Gasteiger partial charge in [-0.1, -0.05) is 18.5 Å². The maximum atomic E-state index is 5.89. The number of halogens is 1. The molecular weight excluding hydrogens is 266 g/mol. The third kappa shape index (κ3) is 3.89. The summed E-state index contributed by atoms with van der Waals surface area (Å²) in [5.74, 6) is 0. The van der Waals surface area contributed by atoms with Crippen LogP contribution in [0.5, 0.6) is 0 Å². The first-order valence-corrected chi connectivity index (χ1v) is 7.14. The second-order valence-electron chi connectivity index (χ2n) is 3.95. The van der Waals surface area contributed by atoms with Crippen molar-refractivity contribution in [2.45, 2.75) is 19.9 Å². The van der Waals surface area contributed by atoms with Crippen LogP contribution in [0.4, 0.5) is 11.4 Å². The quantitative estimate of drug-likeness (QED) is 0.832. The number of anilines is 2. The number of rotatable bonds is 6. The minimum absolute atomic E-state index is 0.774. The zero-order valence-corrected chi connectivity index (χ0v) is 11.8. The molecule has 0 saturated carbocycles. The molecule has 5 heteroatoms. The lowest BCUT2D eigenvalue weighted by atomic mass is 10.3. The molecule has 0 aliphatic rings. The van der Waals surface area contributed by atoms with Gasteiger partial charge in [-0.2, -0.15) is 0 Å². The highest BCUT2D eigenvalue weighted by atomic mass is 35.5. The smallest absolute Gasteiger partial charge is 0.0931 e. The Morgan fingerprint density at radius 3 is 2.67 bits per heavy atom. The van der Waals surface area contributed by atoms with Crippen LogP contribution < -0.4 is 10.6 Å². The van der Waals surface area contributed by atoms with E-state index in [1.165, 1.54) is 4.88 Å². The summed E-state index contributed by atoms with van der Waals surface area (Å²) in [6.45, 7) is 3.88. The van der Waals surface area contributed by atoms with Crippen molar-refractivity contribution in [1.82, 2.24) is 4.98 Å². The molecule has 0 bridgehead atoms. The Morgan fingerprint density at radius 2 is 2.00 bits per heavy atom. The maximum absolute atomic E-state index is 5.89. The van der Waals surface area contributed by atoms with Crippen molar-refractivity contribution < 1.29 is 0 Å². The van der Waals surface area contributed by atoms with Crippen molar-refractivity contribution in [1.29, 1.82) is 0 Å². The van der Waals surface area contributed by atoms with Crippen molar-refractivity contribution >= 4 is 34.3 Å². The second kappa shape index (κ2) is 6.61. The molecule has 2 N–H and O–H groups in total. The van der Waals surface area contributed by atoms with E-state index in [2.05, 4.69) is 28.6 Å². The van der Waals surface area contributed by atoms with E-state index in [1.54, 1.807) is 11.3 Å². The molecule has 0 radical (unpaired) electrons. The zero-order valence-electron chi connectivity index (χ0n) is 10.2. The number of nitrogens with zero attached hydrogens (tertiary/aromatic N) is 1. The third-order valence-electron chi connectivity index (χ3n) is 2.41. The number of thiophene rings is 1. The van der Waals surface area contributed by atoms with E-state index in [4.69, 9.17) is 11.6 Å². The van der Waals surface area contributed by atoms with Gasteiger partial charge in [0.15, 0.2) is 0 Å². The van der Waals surface area contributed by atoms with Gasteiger partial charge in [-0.25, -0.2) is 0 Å². The second-order valence-corrected chi connectivity index (χ2v) is 5.75. The Morgan fingerprint density at radius 1 is 1.22 bits per heavy atom. The average molecular weight is 282 g/mol. The summed E-state index contributed by atoms with van der Waals surface area (Å²) in [7, 11) is 0. The molecule has 0 aliphatic heterocycles. The molecule has 3 nitrogen and oxygen atoms in total. The van der Waals surface area contributed by atoms with Gasteiger partial charge in [0, 0.05) is 18.0 Å². The summed E-state index contributed by atoms with van der Waals surface area (Å²) in [6.07, 6.45) is 4.76. The Kier molecular flexibility index (Phi) is 4.84. The van der Waals surface area contributed by atoms with Gasteiger partial charge in [0.05, 0.1) is 28.1 Å². The predicted octanol–water partition coefficient (Wildman–Crippen LogP) is 4.23. The minimum Gasteiger partial charge on any atom is -0.384 e. The topological polar surface area (TPSA) is 37.0 Å². The Balaban J connectivity index is 1.92. The van der Waals surface area contributed by atoms with Crippen LogP contribution >= 0.6 is 22.9 Å². The van der Waals surface area contributed by atoms with E-state index in [0.29, 0.717) is 0 Å². The fourth-order valence-electron chi connectivity index (χ4n) is 1.54. The Bertz CT molecular complexity index is 498. The summed E-state index contributed by atoms with van der Waals surface area (Å²) in [4.78, 5) is 5.42. The first-order valence-electron chi connectivity index (χ1n) is 5.95. The molecule has 0 saturated heterocycles. The summed E-state index contributed by atoms with van der Waals surface area (Å²) in [6, 6.07) is 6.02. The monoisotopic (exact) mass is 281 g/mol. The van der Waals surface area contributed by atoms with Gasteiger partial charge in [0.25, 0.3) is 0 Å². The van der Waals surface area contributed by atoms with E-state index in [-0.39, 0.29) is 0 Å². The van der Waals surface area contributed by atoms with E-state index < -0.39 is 0 Å². The standard InChI is InChI=1S/C13H16ClN3S/c1-2-5-16-10-6-11(8-15-7-10)17-9-12-3-4-13(14)18-12/h3-4,6-8,16-17H,2,5,9H2,1H3. The lowest BCUT2D eigenvalue weighted by Gasteiger charge is -2.08. The highest BCUT2D eigenvalue weighted by molar-refractivity contribution is 7.16. The molecule has 0 fully saturated rings. The predicted molar refractivity (Wildman–Crippen MR) is 79.7 cm³/mol. The normalized spacial score (nSPS) is 10.3. The molecule has 2 heterocycles. The van der Waals surface area contributed by atoms with Gasteiger partial charge >= 0.3 is 0 Å². The molecule has 2 aromatic heterocycles. The SMILES string of the molecule is CCCNc1cncc(NCc2ccc(Cl)s2)c1. The molecule has 96 valence electrons. The largest absolute Gasteiger partial charge is 0.384 e. The molecular formula is C13H16ClN3S. The van der Waals surface area contributed by atoms with Crippen LogP contribution in [-0.4, -0.2) is 11.5 Å². The van der Waals surface area contributed by atoms with Gasteiger partial charge in [-0.3, -0.25) is 4.98 Å². The molecule has 0 unspecified atom stereocenters. The molecule has 2 aromatic rings. The fourth-order valence-corrected chi connectivity index (χ4v) is 2.57. The highest BCUT2D eigenvalue weighted by Gasteiger charge is 1.99. The lowest BCUT2D eigenvalue weighted by molar-refractivity contribution is 0.977. The van der Waals surface area contributed by atoms with Gasteiger partial charge < -0.3 is 10.6 Å². The minimum atomic E-state index is 0.774. The zero-order chi connectivity index (χ0) is 12.8. The Labute approximate surface area is 116 Å². The summed E-state index contributed by atoms with van der Waals surface area (Å²) < 4.78 is 0.822. The number of pyridine rings is 1. The lowest BCUT2D eigenvalue weighted by Crippen LogP contribution is -2.02. The van der Waals surface area contributed by atoms with E-state index in [9.17, 15) is 0 Å². The van der Waals surface area contributed by atoms with Gasteiger partial charge in [-0.15, -0.1) is 11.3 Å². The van der Waals surface area contributed by atoms with Crippen molar-refractivity contribution in [3.63, 3.8) is 0 Å². The van der Waals surface area contributed by atoms with Crippen molar-refractivity contribution in [2.24, 2.45) is 0 Å². The van der Waals surface area contributed by atoms with Crippen LogP contribution in [0.15, 0.2) is 30.6 Å². The summed E-state index contributed by atoms with van der Waals surface area (Å²) in [5, 5.41) is 6.66. The number of aromatic nitrogens is 1. The van der Waals surface area contributed by atoms with Gasteiger partial charge in [-0.05, 0) is 24.6 Å². The van der Waals surface area contributed by atoms with Crippen LogP contribution in [0.1, 0.15) is 18.2 Å². The third-order valence-corrected chi connectivity index (χ3v) is 3.64. The van der Waals surface area contributed by atoms with Gasteiger partial charge in [0.1, 0.15) is 0 Å². The average Bonchev–Trinajstić information content (AvgIpc) is 2.80. The molecule has 0 aliphatic carbocycles. The maximum Gasteiger partial charge on any atom is 0.0931 e. The van der Waals surface area contributed by atoms with Crippen LogP contribution in [0, 0.1) is 0 Å². The molecule has 0 amide bonds. The fraction of sp³-hybridized carbons (Fsp3) is 0.308. The van der Waals surface area contributed by atoms with Crippen molar-refractivity contribution in [3.05, 3.63) is 39.8 Å². The number of nitrogens with one attached hydrogen (secondary N) is 2. The number of hydrogen-bond acceptors (Lipinski definition) is 4. The summed E-state index contributed by atoms with van der Waals surface area (Å²) in [5.41, 5.74) is 2.06. The van der Waals surface area contributed by atoms with E-state index in [1.807, 2.05) is 24.5 Å². The molecule has 2 rings (SSSR count). The van der Waals surface area contributed by atoms with Crippen LogP contribution in [0.25, 0.3) is 0 Å². The van der Waals surface area contributed by atoms with E-state index in [0.717, 1.165) is 35.2 Å². The van der Waals surface area contributed by atoms with Crippen LogP contribution in [-0.2, 0) is 6.54 Å². The molecule has 0 atom stereocenters. The number of hydrogen-bond donors (Lipinski definition) is 2. The molecule has 0 aromatic carbocycles.